The van der Waals surface area contributed by atoms with Crippen LogP contribution in [-0.2, 0) is 9.78 Å². The molecule has 0 aromatic heterocycles. The van der Waals surface area contributed by atoms with Gasteiger partial charge >= 0.3 is 0 Å². The van der Waals surface area contributed by atoms with E-state index in [0.717, 1.165) is 13.0 Å². The molecule has 0 radical (unpaired) electrons. The fourth-order valence-electron chi connectivity index (χ4n) is 0.792. The van der Waals surface area contributed by atoms with E-state index in [1.165, 1.54) is 0 Å². The third-order valence-corrected chi connectivity index (χ3v) is 1.42. The number of hydrogen-bond acceptors (Lipinski definition) is 2. The molecule has 1 saturated heterocycles. The molecule has 2 heteroatoms. The molecule has 1 heterocycles. The molecule has 0 spiro atoms. The van der Waals surface area contributed by atoms with E-state index in [2.05, 4.69) is 13.8 Å². The summed E-state index contributed by atoms with van der Waals surface area (Å²) in [5.41, 5.74) is 0. The van der Waals surface area contributed by atoms with Crippen molar-refractivity contribution in [2.45, 2.75) is 26.4 Å². The van der Waals surface area contributed by atoms with Crippen LogP contribution in [0, 0.1) is 5.92 Å². The molecule has 1 fully saturated rings. The summed E-state index contributed by atoms with van der Waals surface area (Å²) in [6.45, 7) is 5.04. The van der Waals surface area contributed by atoms with Gasteiger partial charge in [0.25, 0.3) is 0 Å². The van der Waals surface area contributed by atoms with Crippen LogP contribution in [0.3, 0.4) is 0 Å². The summed E-state index contributed by atoms with van der Waals surface area (Å²) in [6.07, 6.45) is 1.40. The number of hydrogen-bond donors (Lipinski definition) is 0. The maximum Gasteiger partial charge on any atom is 0.0975 e. The fourth-order valence-corrected chi connectivity index (χ4v) is 0.792. The lowest BCUT2D eigenvalue weighted by molar-refractivity contribution is -0.281. The van der Waals surface area contributed by atoms with Crippen LogP contribution < -0.4 is 0 Å². The van der Waals surface area contributed by atoms with E-state index in [1.54, 1.807) is 0 Å². The average Bonchev–Trinajstić information content (AvgIpc) is 2.12. The predicted molar refractivity (Wildman–Crippen MR) is 30.3 cm³/mol. The third kappa shape index (κ3) is 1.20. The first-order valence-corrected chi connectivity index (χ1v) is 3.09. The second-order valence-corrected chi connectivity index (χ2v) is 2.49. The molecule has 1 aliphatic rings. The summed E-state index contributed by atoms with van der Waals surface area (Å²) in [6, 6.07) is 0. The zero-order valence-corrected chi connectivity index (χ0v) is 5.39. The Hall–Kier alpha value is -0.0800. The molecular weight excluding hydrogens is 104 g/mol. The van der Waals surface area contributed by atoms with Crippen molar-refractivity contribution in [3.05, 3.63) is 0 Å². The van der Waals surface area contributed by atoms with Crippen LogP contribution in [0.2, 0.25) is 0 Å². The van der Waals surface area contributed by atoms with Gasteiger partial charge in [-0.3, -0.25) is 0 Å². The smallest absolute Gasteiger partial charge is 0.0975 e. The van der Waals surface area contributed by atoms with Gasteiger partial charge in [-0.2, -0.15) is 0 Å². The van der Waals surface area contributed by atoms with Gasteiger partial charge in [-0.15, -0.1) is 0 Å². The van der Waals surface area contributed by atoms with Crippen LogP contribution in [-0.4, -0.2) is 12.7 Å². The summed E-state index contributed by atoms with van der Waals surface area (Å²) >= 11 is 0. The van der Waals surface area contributed by atoms with Crippen molar-refractivity contribution in [2.24, 2.45) is 5.92 Å². The highest BCUT2D eigenvalue weighted by Crippen LogP contribution is 2.16. The molecule has 0 aliphatic carbocycles. The van der Waals surface area contributed by atoms with Crippen molar-refractivity contribution in [3.63, 3.8) is 0 Å². The lowest BCUT2D eigenvalue weighted by atomic mass is 10.1. The van der Waals surface area contributed by atoms with Crippen molar-refractivity contribution >= 4 is 0 Å². The maximum atomic E-state index is 4.91. The molecule has 48 valence electrons. The summed E-state index contributed by atoms with van der Waals surface area (Å²) < 4.78 is 0. The maximum absolute atomic E-state index is 4.91. The Bertz CT molecular complexity index is 64.9. The second kappa shape index (κ2) is 2.46. The Balaban J connectivity index is 2.24. The van der Waals surface area contributed by atoms with E-state index in [9.17, 15) is 0 Å². The Morgan fingerprint density at radius 2 is 2.25 bits per heavy atom. The molecule has 2 nitrogen and oxygen atoms in total. The van der Waals surface area contributed by atoms with E-state index in [1.807, 2.05) is 0 Å². The number of rotatable bonds is 1. The summed E-state index contributed by atoms with van der Waals surface area (Å²) in [5, 5.41) is 0. The molecular formula is C6H12O2. The lowest BCUT2D eigenvalue weighted by Crippen LogP contribution is -2.12. The van der Waals surface area contributed by atoms with Crippen molar-refractivity contribution < 1.29 is 9.78 Å². The first kappa shape index (κ1) is 6.05. The van der Waals surface area contributed by atoms with Crippen molar-refractivity contribution in [3.8, 4) is 0 Å². The highest BCUT2D eigenvalue weighted by Gasteiger charge is 2.19. The summed E-state index contributed by atoms with van der Waals surface area (Å²) in [5.74, 6) is 0.595. The van der Waals surface area contributed by atoms with Gasteiger partial charge in [0.05, 0.1) is 12.7 Å². The van der Waals surface area contributed by atoms with E-state index in [4.69, 9.17) is 9.78 Å². The molecule has 0 saturated carbocycles. The van der Waals surface area contributed by atoms with Crippen molar-refractivity contribution in [2.75, 3.05) is 6.61 Å². The molecule has 1 aliphatic heterocycles. The monoisotopic (exact) mass is 116 g/mol. The largest absolute Gasteiger partial charge is 0.236 e. The van der Waals surface area contributed by atoms with Crippen LogP contribution in [0.5, 0.6) is 0 Å². The quantitative estimate of drug-likeness (QED) is 0.481. The molecule has 1 rings (SSSR count). The minimum atomic E-state index is 0.343. The van der Waals surface area contributed by atoms with E-state index in [-0.39, 0.29) is 0 Å². The molecule has 0 bridgehead atoms. The third-order valence-electron chi connectivity index (χ3n) is 1.42. The van der Waals surface area contributed by atoms with Gasteiger partial charge < -0.3 is 0 Å². The van der Waals surface area contributed by atoms with Crippen LogP contribution in [0.4, 0.5) is 0 Å². The Morgan fingerprint density at radius 1 is 1.50 bits per heavy atom. The van der Waals surface area contributed by atoms with Gasteiger partial charge in [0.15, 0.2) is 0 Å². The Morgan fingerprint density at radius 3 is 2.50 bits per heavy atom. The molecule has 0 aromatic carbocycles. The highest BCUT2D eigenvalue weighted by atomic mass is 17.2. The Labute approximate surface area is 49.7 Å². The fraction of sp³-hybridized carbons (Fsp3) is 1.00. The summed E-state index contributed by atoms with van der Waals surface area (Å²) in [7, 11) is 0. The lowest BCUT2D eigenvalue weighted by Gasteiger charge is -2.08. The first-order chi connectivity index (χ1) is 3.80. The van der Waals surface area contributed by atoms with Gasteiger partial charge in [0.2, 0.25) is 0 Å². The van der Waals surface area contributed by atoms with Gasteiger partial charge in [-0.05, 0) is 5.92 Å². The first-order valence-electron chi connectivity index (χ1n) is 3.09. The molecule has 0 aromatic rings. The van der Waals surface area contributed by atoms with Gasteiger partial charge in [-0.25, -0.2) is 9.78 Å². The van der Waals surface area contributed by atoms with Gasteiger partial charge in [0.1, 0.15) is 0 Å². The van der Waals surface area contributed by atoms with Crippen molar-refractivity contribution in [1.29, 1.82) is 0 Å². The summed E-state index contributed by atoms with van der Waals surface area (Å²) in [4.78, 5) is 9.63. The molecule has 1 unspecified atom stereocenters. The SMILES string of the molecule is CC(C)C1CCOO1. The van der Waals surface area contributed by atoms with E-state index in [0.29, 0.717) is 12.0 Å². The Kier molecular flexibility index (Phi) is 1.86. The molecule has 8 heavy (non-hydrogen) atoms. The minimum Gasteiger partial charge on any atom is -0.236 e. The standard InChI is InChI=1S/C6H12O2/c1-5(2)6-3-4-7-8-6/h5-6H,3-4H2,1-2H3. The second-order valence-electron chi connectivity index (χ2n) is 2.49. The molecule has 0 N–H and O–H groups in total. The van der Waals surface area contributed by atoms with E-state index >= 15 is 0 Å². The zero-order valence-electron chi connectivity index (χ0n) is 5.39. The normalized spacial score (nSPS) is 29.6. The van der Waals surface area contributed by atoms with Gasteiger partial charge in [0, 0.05) is 6.42 Å². The molecule has 0 amide bonds. The van der Waals surface area contributed by atoms with Crippen LogP contribution in [0.1, 0.15) is 20.3 Å². The van der Waals surface area contributed by atoms with Gasteiger partial charge in [-0.1, -0.05) is 13.8 Å². The highest BCUT2D eigenvalue weighted by molar-refractivity contribution is 4.62. The van der Waals surface area contributed by atoms with Crippen LogP contribution in [0.25, 0.3) is 0 Å². The minimum absolute atomic E-state index is 0.343. The predicted octanol–water partition coefficient (Wildman–Crippen LogP) is 1.36. The average molecular weight is 116 g/mol. The van der Waals surface area contributed by atoms with Crippen LogP contribution >= 0.6 is 0 Å². The molecule has 1 atom stereocenters. The topological polar surface area (TPSA) is 18.5 Å². The zero-order chi connectivity index (χ0) is 5.98. The van der Waals surface area contributed by atoms with E-state index < -0.39 is 0 Å². The van der Waals surface area contributed by atoms with Crippen molar-refractivity contribution in [1.82, 2.24) is 0 Å². The van der Waals surface area contributed by atoms with Crippen LogP contribution in [0.15, 0.2) is 0 Å².